The Morgan fingerprint density at radius 3 is 2.36 bits per heavy atom. The summed E-state index contributed by atoms with van der Waals surface area (Å²) in [5, 5.41) is 8.63. The monoisotopic (exact) mass is 308 g/mol. The largest absolute Gasteiger partial charge is 0.508 e. The normalized spacial score (nSPS) is 16.5. The summed E-state index contributed by atoms with van der Waals surface area (Å²) in [4.78, 5) is 11.9. The van der Waals surface area contributed by atoms with Crippen molar-refractivity contribution in [2.45, 2.75) is 38.1 Å². The predicted octanol–water partition coefficient (Wildman–Crippen LogP) is 1.83. The molecule has 5 heteroatoms. The standard InChI is InChI=1S/C11H22N2O2.C6H6O/c12-6-2-1-3-10(13)11(14)9-4-7-15-8-5-9;7-6-4-2-1-3-5-6/h9-10H,1-8,12-13H2;1-5,7H/t10-;/m0./s1. The molecule has 22 heavy (non-hydrogen) atoms. The predicted molar refractivity (Wildman–Crippen MR) is 87.5 cm³/mol. The first-order chi connectivity index (χ1) is 10.6. The Kier molecular flexibility index (Phi) is 9.46. The number of unbranched alkanes of at least 4 members (excludes halogenated alkanes) is 1. The number of ketones is 1. The average molecular weight is 308 g/mol. The average Bonchev–Trinajstić information content (AvgIpc) is 2.56. The number of para-hydroxylation sites is 1. The smallest absolute Gasteiger partial charge is 0.152 e. The van der Waals surface area contributed by atoms with Gasteiger partial charge < -0.3 is 21.3 Å². The van der Waals surface area contributed by atoms with E-state index in [0.29, 0.717) is 25.5 Å². The summed E-state index contributed by atoms with van der Waals surface area (Å²) >= 11 is 0. The number of hydrogen-bond donors (Lipinski definition) is 3. The van der Waals surface area contributed by atoms with Crippen molar-refractivity contribution in [3.05, 3.63) is 30.3 Å². The quantitative estimate of drug-likeness (QED) is 0.696. The van der Waals surface area contributed by atoms with Crippen molar-refractivity contribution in [1.82, 2.24) is 0 Å². The highest BCUT2D eigenvalue weighted by Crippen LogP contribution is 2.18. The second-order valence-electron chi connectivity index (χ2n) is 5.52. The maximum Gasteiger partial charge on any atom is 0.152 e. The van der Waals surface area contributed by atoms with Crippen molar-refractivity contribution in [3.63, 3.8) is 0 Å². The fourth-order valence-electron chi connectivity index (χ4n) is 2.36. The highest BCUT2D eigenvalue weighted by molar-refractivity contribution is 5.86. The molecule has 5 N–H and O–H groups in total. The van der Waals surface area contributed by atoms with Gasteiger partial charge in [-0.2, -0.15) is 0 Å². The number of phenolic OH excluding ortho intramolecular Hbond substituents is 1. The Balaban J connectivity index is 0.000000287. The summed E-state index contributed by atoms with van der Waals surface area (Å²) in [6, 6.07) is 8.42. The molecule has 1 fully saturated rings. The van der Waals surface area contributed by atoms with Crippen LogP contribution < -0.4 is 11.5 Å². The van der Waals surface area contributed by atoms with Crippen molar-refractivity contribution in [2.24, 2.45) is 17.4 Å². The van der Waals surface area contributed by atoms with Gasteiger partial charge in [0.05, 0.1) is 6.04 Å². The molecule has 0 spiro atoms. The van der Waals surface area contributed by atoms with Crippen molar-refractivity contribution in [3.8, 4) is 5.75 Å². The Bertz CT molecular complexity index is 406. The number of phenols is 1. The van der Waals surface area contributed by atoms with Crippen LogP contribution in [0.25, 0.3) is 0 Å². The van der Waals surface area contributed by atoms with Crippen LogP contribution in [0.5, 0.6) is 5.75 Å². The second-order valence-corrected chi connectivity index (χ2v) is 5.52. The van der Waals surface area contributed by atoms with Crippen LogP contribution in [-0.4, -0.2) is 36.7 Å². The number of rotatable bonds is 6. The third kappa shape index (κ3) is 7.54. The lowest BCUT2D eigenvalue weighted by atomic mass is 9.89. The number of carbonyl (C=O) groups is 1. The van der Waals surface area contributed by atoms with E-state index in [9.17, 15) is 4.79 Å². The lowest BCUT2D eigenvalue weighted by molar-refractivity contribution is -0.127. The summed E-state index contributed by atoms with van der Waals surface area (Å²) in [6.07, 6.45) is 4.35. The minimum absolute atomic E-state index is 0.131. The zero-order chi connectivity index (χ0) is 16.2. The molecule has 1 aliphatic heterocycles. The minimum Gasteiger partial charge on any atom is -0.508 e. The number of Topliss-reactive ketones (excluding diaryl/α,β-unsaturated/α-hetero) is 1. The zero-order valence-electron chi connectivity index (χ0n) is 13.1. The van der Waals surface area contributed by atoms with E-state index >= 15 is 0 Å². The third-order valence-electron chi connectivity index (χ3n) is 3.71. The van der Waals surface area contributed by atoms with Crippen LogP contribution in [-0.2, 0) is 9.53 Å². The summed E-state index contributed by atoms with van der Waals surface area (Å²) < 4.78 is 5.22. The fourth-order valence-corrected chi connectivity index (χ4v) is 2.36. The molecule has 0 amide bonds. The van der Waals surface area contributed by atoms with Crippen molar-refractivity contribution < 1.29 is 14.6 Å². The fraction of sp³-hybridized carbons (Fsp3) is 0.588. The molecule has 5 nitrogen and oxygen atoms in total. The number of carbonyl (C=O) groups excluding carboxylic acids is 1. The number of hydrogen-bond acceptors (Lipinski definition) is 5. The van der Waals surface area contributed by atoms with Crippen LogP contribution in [0.2, 0.25) is 0 Å². The van der Waals surface area contributed by atoms with Crippen LogP contribution >= 0.6 is 0 Å². The number of nitrogens with two attached hydrogens (primary N) is 2. The number of benzene rings is 1. The van der Waals surface area contributed by atoms with Gasteiger partial charge in [-0.25, -0.2) is 0 Å². The molecule has 2 rings (SSSR count). The van der Waals surface area contributed by atoms with Crippen molar-refractivity contribution in [2.75, 3.05) is 19.8 Å². The van der Waals surface area contributed by atoms with E-state index in [1.54, 1.807) is 24.3 Å². The van der Waals surface area contributed by atoms with Gasteiger partial charge in [0, 0.05) is 19.1 Å². The maximum atomic E-state index is 11.9. The second kappa shape index (κ2) is 11.2. The first-order valence-electron chi connectivity index (χ1n) is 7.96. The first kappa shape index (κ1) is 18.6. The molecule has 0 saturated carbocycles. The molecule has 124 valence electrons. The third-order valence-corrected chi connectivity index (χ3v) is 3.71. The number of ether oxygens (including phenoxy) is 1. The van der Waals surface area contributed by atoms with Gasteiger partial charge in [0.2, 0.25) is 0 Å². The molecule has 1 saturated heterocycles. The van der Waals surface area contributed by atoms with E-state index in [-0.39, 0.29) is 17.7 Å². The van der Waals surface area contributed by atoms with E-state index in [1.165, 1.54) is 0 Å². The molecular formula is C17H28N2O3. The molecule has 1 aliphatic rings. The van der Waals surface area contributed by atoms with E-state index in [1.807, 2.05) is 6.07 Å². The van der Waals surface area contributed by atoms with Gasteiger partial charge >= 0.3 is 0 Å². The van der Waals surface area contributed by atoms with Crippen LogP contribution in [0.3, 0.4) is 0 Å². The topological polar surface area (TPSA) is 98.6 Å². The molecule has 0 aromatic heterocycles. The highest BCUT2D eigenvalue weighted by atomic mass is 16.5. The summed E-state index contributed by atoms with van der Waals surface area (Å²) in [5.41, 5.74) is 11.2. The molecule has 1 atom stereocenters. The van der Waals surface area contributed by atoms with Gasteiger partial charge in [0.25, 0.3) is 0 Å². The Labute approximate surface area is 132 Å². The minimum atomic E-state index is -0.292. The highest BCUT2D eigenvalue weighted by Gasteiger charge is 2.25. The van der Waals surface area contributed by atoms with Crippen LogP contribution in [0, 0.1) is 5.92 Å². The van der Waals surface area contributed by atoms with Crippen LogP contribution in [0.1, 0.15) is 32.1 Å². The van der Waals surface area contributed by atoms with E-state index in [2.05, 4.69) is 0 Å². The van der Waals surface area contributed by atoms with Gasteiger partial charge in [-0.15, -0.1) is 0 Å². The van der Waals surface area contributed by atoms with Crippen molar-refractivity contribution >= 4 is 5.78 Å². The van der Waals surface area contributed by atoms with E-state index in [4.69, 9.17) is 21.3 Å². The van der Waals surface area contributed by atoms with E-state index in [0.717, 1.165) is 32.1 Å². The lowest BCUT2D eigenvalue weighted by Gasteiger charge is -2.23. The molecule has 0 unspecified atom stereocenters. The summed E-state index contributed by atoms with van der Waals surface area (Å²) in [5.74, 6) is 0.671. The summed E-state index contributed by atoms with van der Waals surface area (Å²) in [6.45, 7) is 2.08. The molecule has 0 aliphatic carbocycles. The number of aromatic hydroxyl groups is 1. The molecule has 1 heterocycles. The van der Waals surface area contributed by atoms with Gasteiger partial charge in [-0.3, -0.25) is 4.79 Å². The van der Waals surface area contributed by atoms with Crippen LogP contribution in [0.15, 0.2) is 30.3 Å². The zero-order valence-corrected chi connectivity index (χ0v) is 13.1. The van der Waals surface area contributed by atoms with Crippen LogP contribution in [0.4, 0.5) is 0 Å². The Morgan fingerprint density at radius 1 is 1.23 bits per heavy atom. The lowest BCUT2D eigenvalue weighted by Crippen LogP contribution is -2.38. The maximum absolute atomic E-state index is 11.9. The van der Waals surface area contributed by atoms with E-state index < -0.39 is 0 Å². The first-order valence-corrected chi connectivity index (χ1v) is 7.96. The molecule has 1 aromatic carbocycles. The molecule has 0 radical (unpaired) electrons. The summed E-state index contributed by atoms with van der Waals surface area (Å²) in [7, 11) is 0. The van der Waals surface area contributed by atoms with Gasteiger partial charge in [0.1, 0.15) is 5.75 Å². The van der Waals surface area contributed by atoms with Crippen molar-refractivity contribution in [1.29, 1.82) is 0 Å². The van der Waals surface area contributed by atoms with Gasteiger partial charge in [-0.05, 0) is 44.4 Å². The molecular weight excluding hydrogens is 280 g/mol. The Hall–Kier alpha value is -1.43. The molecule has 1 aromatic rings. The SMILES string of the molecule is NCCCC[C@H](N)C(=O)C1CCOCC1.Oc1ccccc1. The van der Waals surface area contributed by atoms with Gasteiger partial charge in [-0.1, -0.05) is 24.6 Å². The Morgan fingerprint density at radius 2 is 1.86 bits per heavy atom. The molecule has 0 bridgehead atoms. The van der Waals surface area contributed by atoms with Gasteiger partial charge in [0.15, 0.2) is 5.78 Å².